The standard InChI is InChI=1S/C18H21ClN4O3S/c19-18-15(23-7-2-1-3-16(23)20-18)4-5-17(24)22-10-8-21(9-11-22)14-6-12-27(25,26)13-14/h1-5,7,14H,6,8-13H2/b5-4+/t14-/m1/s1. The summed E-state index contributed by atoms with van der Waals surface area (Å²) in [6.07, 6.45) is 5.77. The van der Waals surface area contributed by atoms with Crippen LogP contribution in [0.1, 0.15) is 12.1 Å². The number of hydrogen-bond acceptors (Lipinski definition) is 5. The van der Waals surface area contributed by atoms with E-state index in [0.29, 0.717) is 43.4 Å². The van der Waals surface area contributed by atoms with Gasteiger partial charge in [-0.3, -0.25) is 14.1 Å². The van der Waals surface area contributed by atoms with Crippen LogP contribution in [0.2, 0.25) is 5.15 Å². The Morgan fingerprint density at radius 3 is 2.70 bits per heavy atom. The fourth-order valence-electron chi connectivity index (χ4n) is 3.76. The first-order valence-corrected chi connectivity index (χ1v) is 11.2. The average Bonchev–Trinajstić information content (AvgIpc) is 3.18. The van der Waals surface area contributed by atoms with Crippen molar-refractivity contribution in [3.63, 3.8) is 0 Å². The lowest BCUT2D eigenvalue weighted by Gasteiger charge is -2.37. The summed E-state index contributed by atoms with van der Waals surface area (Å²) in [6, 6.07) is 5.71. The number of aromatic nitrogens is 2. The summed E-state index contributed by atoms with van der Waals surface area (Å²) in [5, 5.41) is 0.359. The van der Waals surface area contributed by atoms with Crippen molar-refractivity contribution in [2.75, 3.05) is 37.7 Å². The molecule has 0 aromatic carbocycles. The van der Waals surface area contributed by atoms with Gasteiger partial charge in [0.2, 0.25) is 5.91 Å². The minimum Gasteiger partial charge on any atom is -0.337 e. The number of piperazine rings is 1. The Morgan fingerprint density at radius 1 is 1.22 bits per heavy atom. The average molecular weight is 409 g/mol. The molecule has 1 amide bonds. The van der Waals surface area contributed by atoms with Crippen molar-refractivity contribution >= 4 is 39.1 Å². The number of amides is 1. The Labute approximate surface area is 163 Å². The van der Waals surface area contributed by atoms with Crippen LogP contribution in [0, 0.1) is 0 Å². The van der Waals surface area contributed by atoms with Gasteiger partial charge in [-0.1, -0.05) is 17.7 Å². The molecule has 2 aliphatic rings. The minimum atomic E-state index is -2.88. The molecule has 2 aromatic rings. The molecule has 0 aliphatic carbocycles. The molecule has 9 heteroatoms. The third-order valence-electron chi connectivity index (χ3n) is 5.26. The molecule has 0 N–H and O–H groups in total. The normalized spacial score (nSPS) is 23.4. The van der Waals surface area contributed by atoms with E-state index >= 15 is 0 Å². The molecule has 0 spiro atoms. The molecule has 2 aliphatic heterocycles. The molecule has 0 saturated carbocycles. The van der Waals surface area contributed by atoms with Gasteiger partial charge in [-0.25, -0.2) is 13.4 Å². The van der Waals surface area contributed by atoms with Gasteiger partial charge in [0.15, 0.2) is 15.0 Å². The van der Waals surface area contributed by atoms with Gasteiger partial charge in [0, 0.05) is 44.5 Å². The highest BCUT2D eigenvalue weighted by molar-refractivity contribution is 7.91. The highest BCUT2D eigenvalue weighted by Crippen LogP contribution is 2.21. The Balaban J connectivity index is 1.38. The number of rotatable bonds is 3. The largest absolute Gasteiger partial charge is 0.337 e. The fraction of sp³-hybridized carbons (Fsp3) is 0.444. The Morgan fingerprint density at radius 2 is 2.00 bits per heavy atom. The number of fused-ring (bicyclic) bond motifs is 1. The van der Waals surface area contributed by atoms with E-state index in [4.69, 9.17) is 11.6 Å². The summed E-state index contributed by atoms with van der Waals surface area (Å²) in [5.41, 5.74) is 1.41. The van der Waals surface area contributed by atoms with Gasteiger partial charge >= 0.3 is 0 Å². The summed E-state index contributed by atoms with van der Waals surface area (Å²) < 4.78 is 25.2. The second-order valence-corrected chi connectivity index (χ2v) is 9.55. The van der Waals surface area contributed by atoms with Crippen molar-refractivity contribution in [3.05, 3.63) is 41.3 Å². The molecular weight excluding hydrogens is 388 g/mol. The van der Waals surface area contributed by atoms with Crippen molar-refractivity contribution < 1.29 is 13.2 Å². The Kier molecular flexibility index (Phi) is 4.96. The smallest absolute Gasteiger partial charge is 0.246 e. The molecule has 0 bridgehead atoms. The Hall–Kier alpha value is -1.90. The minimum absolute atomic E-state index is 0.0735. The first-order chi connectivity index (χ1) is 12.9. The summed E-state index contributed by atoms with van der Waals surface area (Å²) in [7, 11) is -2.88. The van der Waals surface area contributed by atoms with Crippen molar-refractivity contribution in [1.82, 2.24) is 19.2 Å². The van der Waals surface area contributed by atoms with Crippen LogP contribution in [-0.2, 0) is 14.6 Å². The number of carbonyl (C=O) groups is 1. The van der Waals surface area contributed by atoms with Gasteiger partial charge in [-0.05, 0) is 24.6 Å². The van der Waals surface area contributed by atoms with Gasteiger partial charge in [0.05, 0.1) is 17.2 Å². The van der Waals surface area contributed by atoms with Gasteiger partial charge in [0.25, 0.3) is 0 Å². The summed E-state index contributed by atoms with van der Waals surface area (Å²) in [6.45, 7) is 2.60. The second kappa shape index (κ2) is 7.26. The maximum absolute atomic E-state index is 12.5. The Bertz CT molecular complexity index is 993. The molecule has 0 radical (unpaired) electrons. The van der Waals surface area contributed by atoms with Crippen LogP contribution in [0.15, 0.2) is 30.5 Å². The predicted octanol–water partition coefficient (Wildman–Crippen LogP) is 1.33. The van der Waals surface area contributed by atoms with Crippen LogP contribution < -0.4 is 0 Å². The molecular formula is C18H21ClN4O3S. The van der Waals surface area contributed by atoms with E-state index in [1.54, 1.807) is 11.0 Å². The first-order valence-electron chi connectivity index (χ1n) is 8.97. The third-order valence-corrected chi connectivity index (χ3v) is 7.28. The second-order valence-electron chi connectivity index (χ2n) is 6.97. The first kappa shape index (κ1) is 18.5. The fourth-order valence-corrected chi connectivity index (χ4v) is 5.76. The monoisotopic (exact) mass is 408 g/mol. The van der Waals surface area contributed by atoms with Gasteiger partial charge in [-0.15, -0.1) is 0 Å². The number of halogens is 1. The van der Waals surface area contributed by atoms with Crippen LogP contribution in [-0.4, -0.2) is 77.2 Å². The molecule has 4 rings (SSSR count). The van der Waals surface area contributed by atoms with E-state index in [1.165, 1.54) is 6.08 Å². The van der Waals surface area contributed by atoms with E-state index < -0.39 is 9.84 Å². The van der Waals surface area contributed by atoms with Crippen LogP contribution in [0.5, 0.6) is 0 Å². The van der Waals surface area contributed by atoms with Crippen molar-refractivity contribution in [1.29, 1.82) is 0 Å². The van der Waals surface area contributed by atoms with Crippen LogP contribution in [0.4, 0.5) is 0 Å². The SMILES string of the molecule is O=C(/C=C/c1c(Cl)nc2ccccn12)N1CCN([C@@H]2CCS(=O)(=O)C2)CC1. The quantitative estimate of drug-likeness (QED) is 0.716. The predicted molar refractivity (Wildman–Crippen MR) is 104 cm³/mol. The van der Waals surface area contributed by atoms with Gasteiger partial charge in [-0.2, -0.15) is 0 Å². The lowest BCUT2D eigenvalue weighted by Crippen LogP contribution is -2.52. The molecule has 7 nitrogen and oxygen atoms in total. The van der Waals surface area contributed by atoms with E-state index in [1.807, 2.05) is 28.8 Å². The number of carbonyl (C=O) groups excluding carboxylic acids is 1. The lowest BCUT2D eigenvalue weighted by molar-refractivity contribution is -0.127. The van der Waals surface area contributed by atoms with E-state index in [0.717, 1.165) is 5.65 Å². The molecule has 2 aromatic heterocycles. The number of nitrogens with zero attached hydrogens (tertiary/aromatic N) is 4. The van der Waals surface area contributed by atoms with Gasteiger partial charge < -0.3 is 4.90 Å². The number of pyridine rings is 1. The third kappa shape index (κ3) is 3.88. The maximum atomic E-state index is 12.5. The van der Waals surface area contributed by atoms with E-state index in [-0.39, 0.29) is 23.5 Å². The van der Waals surface area contributed by atoms with Crippen molar-refractivity contribution in [2.24, 2.45) is 0 Å². The van der Waals surface area contributed by atoms with E-state index in [9.17, 15) is 13.2 Å². The van der Waals surface area contributed by atoms with Crippen LogP contribution >= 0.6 is 11.6 Å². The zero-order valence-corrected chi connectivity index (χ0v) is 16.4. The topological polar surface area (TPSA) is 75.0 Å². The highest BCUT2D eigenvalue weighted by Gasteiger charge is 2.34. The molecule has 2 saturated heterocycles. The zero-order valence-electron chi connectivity index (χ0n) is 14.8. The van der Waals surface area contributed by atoms with Crippen molar-refractivity contribution in [3.8, 4) is 0 Å². The maximum Gasteiger partial charge on any atom is 0.246 e. The number of imidazole rings is 1. The summed E-state index contributed by atoms with van der Waals surface area (Å²) in [5.74, 6) is 0.448. The number of hydrogen-bond donors (Lipinski definition) is 0. The summed E-state index contributed by atoms with van der Waals surface area (Å²) >= 11 is 6.19. The summed E-state index contributed by atoms with van der Waals surface area (Å²) in [4.78, 5) is 20.8. The van der Waals surface area contributed by atoms with Crippen LogP contribution in [0.25, 0.3) is 11.7 Å². The molecule has 27 heavy (non-hydrogen) atoms. The van der Waals surface area contributed by atoms with Crippen LogP contribution in [0.3, 0.4) is 0 Å². The molecule has 4 heterocycles. The molecule has 144 valence electrons. The molecule has 1 atom stereocenters. The zero-order chi connectivity index (χ0) is 19.0. The van der Waals surface area contributed by atoms with Gasteiger partial charge in [0.1, 0.15) is 5.65 Å². The van der Waals surface area contributed by atoms with Crippen molar-refractivity contribution in [2.45, 2.75) is 12.5 Å². The molecule has 0 unspecified atom stereocenters. The molecule has 2 fully saturated rings. The number of sulfone groups is 1. The van der Waals surface area contributed by atoms with E-state index in [2.05, 4.69) is 9.88 Å². The highest BCUT2D eigenvalue weighted by atomic mass is 35.5. The lowest BCUT2D eigenvalue weighted by atomic mass is 10.2.